The minimum Gasteiger partial charge on any atom is -0.288 e. The van der Waals surface area contributed by atoms with Gasteiger partial charge in [-0.1, -0.05) is 36.4 Å². The van der Waals surface area contributed by atoms with Crippen LogP contribution in [0.3, 0.4) is 0 Å². The molecule has 1 aromatic heterocycles. The lowest BCUT2D eigenvalue weighted by Crippen LogP contribution is -2.29. The van der Waals surface area contributed by atoms with E-state index in [1.807, 2.05) is 30.6 Å². The molecule has 1 aromatic carbocycles. The number of alkyl halides is 1. The Kier molecular flexibility index (Phi) is 3.22. The van der Waals surface area contributed by atoms with E-state index in [0.29, 0.717) is 0 Å². The third kappa shape index (κ3) is 2.21. The first-order valence-electron chi connectivity index (χ1n) is 7.47. The fraction of sp³-hybridized carbons (Fsp3) is 0.222. The molecule has 0 saturated carbocycles. The molecule has 0 fully saturated rings. The summed E-state index contributed by atoms with van der Waals surface area (Å²) >= 11 is 0. The van der Waals surface area contributed by atoms with Gasteiger partial charge in [0.2, 0.25) is 0 Å². The summed E-state index contributed by atoms with van der Waals surface area (Å²) in [6.45, 7) is 0. The van der Waals surface area contributed by atoms with Crippen molar-refractivity contribution in [1.82, 2.24) is 10.2 Å². The van der Waals surface area contributed by atoms with Crippen LogP contribution in [0.5, 0.6) is 0 Å². The Balaban J connectivity index is 1.73. The topological polar surface area (TPSA) is 41.0 Å². The van der Waals surface area contributed by atoms with Gasteiger partial charge in [-0.05, 0) is 23.3 Å². The highest BCUT2D eigenvalue weighted by Gasteiger charge is 2.31. The molecule has 1 aliphatic carbocycles. The summed E-state index contributed by atoms with van der Waals surface area (Å²) in [5.74, 6) is -0.243. The molecule has 22 heavy (non-hydrogen) atoms. The van der Waals surface area contributed by atoms with Crippen molar-refractivity contribution in [1.29, 1.82) is 0 Å². The number of aromatic amines is 1. The first kappa shape index (κ1) is 13.2. The largest absolute Gasteiger partial charge is 0.288 e. The van der Waals surface area contributed by atoms with E-state index in [4.69, 9.17) is 0 Å². The number of allylic oxidation sites excluding steroid dienone is 4. The van der Waals surface area contributed by atoms with Crippen LogP contribution in [0.15, 0.2) is 59.8 Å². The van der Waals surface area contributed by atoms with Gasteiger partial charge in [-0.3, -0.25) is 10.1 Å². The van der Waals surface area contributed by atoms with E-state index in [1.54, 1.807) is 12.2 Å². The van der Waals surface area contributed by atoms with Crippen LogP contribution in [0, 0.1) is 5.92 Å². The molecule has 0 radical (unpaired) electrons. The smallest absolute Gasteiger partial charge is 0.127 e. The molecule has 4 rings (SSSR count). The molecule has 0 bridgehead atoms. The number of hydrogen-bond acceptors (Lipinski definition) is 2. The number of aliphatic imine (C=N–C) groups is 1. The van der Waals surface area contributed by atoms with Gasteiger partial charge in [0.15, 0.2) is 0 Å². The molecule has 1 N–H and O–H groups in total. The molecule has 0 saturated heterocycles. The molecule has 3 atom stereocenters. The average molecular weight is 293 g/mol. The first-order valence-corrected chi connectivity index (χ1v) is 7.47. The fourth-order valence-electron chi connectivity index (χ4n) is 3.15. The molecular weight excluding hydrogens is 277 g/mol. The standard InChI is InChI=1S/C18H16FN3/c19-16-6-2-1-4-15(16)18-14(5-3-9-20-18)12-7-8-17-13(10-12)11-21-22-17/h1-2,4-11,15-16,18H,3H2,(H,21,22). The van der Waals surface area contributed by atoms with Crippen LogP contribution in [0.2, 0.25) is 0 Å². The molecule has 110 valence electrons. The Morgan fingerprint density at radius 2 is 2.09 bits per heavy atom. The van der Waals surface area contributed by atoms with Crippen LogP contribution in [0.4, 0.5) is 4.39 Å². The number of dihydropyridines is 1. The zero-order chi connectivity index (χ0) is 14.9. The van der Waals surface area contributed by atoms with E-state index in [1.165, 1.54) is 0 Å². The number of halogens is 1. The predicted molar refractivity (Wildman–Crippen MR) is 87.6 cm³/mol. The summed E-state index contributed by atoms with van der Waals surface area (Å²) in [6.07, 6.45) is 12.8. The monoisotopic (exact) mass is 293 g/mol. The van der Waals surface area contributed by atoms with E-state index in [2.05, 4.69) is 33.4 Å². The van der Waals surface area contributed by atoms with Crippen molar-refractivity contribution in [3.8, 4) is 0 Å². The zero-order valence-corrected chi connectivity index (χ0v) is 12.0. The van der Waals surface area contributed by atoms with Gasteiger partial charge in [-0.2, -0.15) is 5.10 Å². The highest BCUT2D eigenvalue weighted by Crippen LogP contribution is 2.34. The SMILES string of the molecule is FC1C=CC=CC1C1N=CCC=C1c1ccc2[nH]ncc2c1. The molecule has 2 aliphatic rings. The van der Waals surface area contributed by atoms with Gasteiger partial charge >= 0.3 is 0 Å². The molecule has 4 heteroatoms. The maximum atomic E-state index is 14.3. The molecule has 0 spiro atoms. The van der Waals surface area contributed by atoms with Crippen molar-refractivity contribution >= 4 is 22.7 Å². The number of nitrogens with zero attached hydrogens (tertiary/aromatic N) is 2. The molecule has 2 aromatic rings. The number of nitrogens with one attached hydrogen (secondary N) is 1. The summed E-state index contributed by atoms with van der Waals surface area (Å²) in [5.41, 5.74) is 3.19. The molecular formula is C18H16FN3. The van der Waals surface area contributed by atoms with Crippen molar-refractivity contribution in [3.05, 3.63) is 60.3 Å². The lowest BCUT2D eigenvalue weighted by Gasteiger charge is -2.28. The maximum Gasteiger partial charge on any atom is 0.127 e. The second kappa shape index (κ2) is 5.37. The Labute approximate surface area is 128 Å². The molecule has 0 amide bonds. The highest BCUT2D eigenvalue weighted by molar-refractivity contribution is 5.86. The molecule has 1 aliphatic heterocycles. The number of benzene rings is 1. The Bertz CT molecular complexity index is 813. The molecule has 3 unspecified atom stereocenters. The number of aromatic nitrogens is 2. The zero-order valence-electron chi connectivity index (χ0n) is 12.0. The first-order chi connectivity index (χ1) is 10.8. The van der Waals surface area contributed by atoms with Crippen molar-refractivity contribution in [2.24, 2.45) is 10.9 Å². The molecule has 3 nitrogen and oxygen atoms in total. The van der Waals surface area contributed by atoms with Crippen LogP contribution in [0.25, 0.3) is 16.5 Å². The van der Waals surface area contributed by atoms with E-state index < -0.39 is 6.17 Å². The number of H-pyrrole nitrogens is 1. The second-order valence-corrected chi connectivity index (χ2v) is 5.64. The summed E-state index contributed by atoms with van der Waals surface area (Å²) in [6, 6.07) is 5.98. The fourth-order valence-corrected chi connectivity index (χ4v) is 3.15. The quantitative estimate of drug-likeness (QED) is 0.897. The van der Waals surface area contributed by atoms with Crippen LogP contribution < -0.4 is 0 Å². The van der Waals surface area contributed by atoms with Gasteiger partial charge in [0, 0.05) is 23.9 Å². The Morgan fingerprint density at radius 1 is 1.18 bits per heavy atom. The van der Waals surface area contributed by atoms with Crippen molar-refractivity contribution in [2.75, 3.05) is 0 Å². The van der Waals surface area contributed by atoms with Crippen molar-refractivity contribution in [3.63, 3.8) is 0 Å². The van der Waals surface area contributed by atoms with E-state index >= 15 is 0 Å². The van der Waals surface area contributed by atoms with Crippen LogP contribution in [-0.2, 0) is 0 Å². The third-order valence-electron chi connectivity index (χ3n) is 4.27. The average Bonchev–Trinajstić information content (AvgIpc) is 3.03. The van der Waals surface area contributed by atoms with E-state index in [0.717, 1.165) is 28.5 Å². The Hall–Kier alpha value is -2.49. The van der Waals surface area contributed by atoms with Gasteiger partial charge in [-0.25, -0.2) is 4.39 Å². The summed E-state index contributed by atoms with van der Waals surface area (Å²) < 4.78 is 14.3. The van der Waals surface area contributed by atoms with Gasteiger partial charge < -0.3 is 0 Å². The van der Waals surface area contributed by atoms with Crippen LogP contribution in [-0.4, -0.2) is 28.6 Å². The van der Waals surface area contributed by atoms with Crippen molar-refractivity contribution < 1.29 is 4.39 Å². The van der Waals surface area contributed by atoms with Crippen LogP contribution >= 0.6 is 0 Å². The summed E-state index contributed by atoms with van der Waals surface area (Å²) in [7, 11) is 0. The number of hydrogen-bond donors (Lipinski definition) is 1. The molecule has 2 heterocycles. The van der Waals surface area contributed by atoms with E-state index in [9.17, 15) is 4.39 Å². The van der Waals surface area contributed by atoms with Gasteiger partial charge in [0.05, 0.1) is 17.8 Å². The summed E-state index contributed by atoms with van der Waals surface area (Å²) in [4.78, 5) is 4.59. The lowest BCUT2D eigenvalue weighted by atomic mass is 9.82. The lowest BCUT2D eigenvalue weighted by molar-refractivity contribution is 0.305. The van der Waals surface area contributed by atoms with Gasteiger partial charge in [0.1, 0.15) is 6.17 Å². The predicted octanol–water partition coefficient (Wildman–Crippen LogP) is 3.87. The van der Waals surface area contributed by atoms with Crippen LogP contribution in [0.1, 0.15) is 12.0 Å². The van der Waals surface area contributed by atoms with Gasteiger partial charge in [0.25, 0.3) is 0 Å². The number of fused-ring (bicyclic) bond motifs is 1. The Morgan fingerprint density at radius 3 is 3.00 bits per heavy atom. The second-order valence-electron chi connectivity index (χ2n) is 5.64. The van der Waals surface area contributed by atoms with E-state index in [-0.39, 0.29) is 12.0 Å². The van der Waals surface area contributed by atoms with Crippen molar-refractivity contribution in [2.45, 2.75) is 18.6 Å². The highest BCUT2D eigenvalue weighted by atomic mass is 19.1. The third-order valence-corrected chi connectivity index (χ3v) is 4.27. The minimum absolute atomic E-state index is 0.172. The normalized spacial score (nSPS) is 27.3. The number of rotatable bonds is 2. The minimum atomic E-state index is -0.994. The van der Waals surface area contributed by atoms with Gasteiger partial charge in [-0.15, -0.1) is 0 Å². The summed E-state index contributed by atoms with van der Waals surface area (Å²) in [5, 5.41) is 8.06. The maximum absolute atomic E-state index is 14.3.